The van der Waals surface area contributed by atoms with Crippen molar-refractivity contribution >= 4 is 0 Å². The number of ether oxygens (including phenoxy) is 1. The molecule has 0 heterocycles. The first-order valence-electron chi connectivity index (χ1n) is 4.12. The van der Waals surface area contributed by atoms with Gasteiger partial charge in [-0.05, 0) is 6.92 Å². The lowest BCUT2D eigenvalue weighted by molar-refractivity contribution is 0.199. The number of hydrogen-bond donors (Lipinski definition) is 0. The van der Waals surface area contributed by atoms with E-state index in [1.807, 2.05) is 30.3 Å². The third-order valence-corrected chi connectivity index (χ3v) is 1.61. The maximum absolute atomic E-state index is 5.26. The summed E-state index contributed by atoms with van der Waals surface area (Å²) >= 11 is 0. The molecule has 0 aliphatic carbocycles. The van der Waals surface area contributed by atoms with Crippen molar-refractivity contribution in [2.24, 2.45) is 0 Å². The Hall–Kier alpha value is -1.68. The minimum atomic E-state index is -0.191. The van der Waals surface area contributed by atoms with Gasteiger partial charge >= 0.3 is 0 Å². The maximum atomic E-state index is 5.26. The molecule has 1 aromatic rings. The van der Waals surface area contributed by atoms with Crippen LogP contribution >= 0.6 is 0 Å². The molecule has 0 N–H and O–H groups in total. The van der Waals surface area contributed by atoms with E-state index < -0.39 is 0 Å². The monoisotopic (exact) mass is 172 g/mol. The molecule has 1 nitrogen and oxygen atoms in total. The molecule has 0 amide bonds. The van der Waals surface area contributed by atoms with E-state index in [1.165, 1.54) is 6.26 Å². The highest BCUT2D eigenvalue weighted by molar-refractivity contribution is 5.25. The molecule has 0 radical (unpaired) electrons. The van der Waals surface area contributed by atoms with E-state index in [2.05, 4.69) is 18.4 Å². The van der Waals surface area contributed by atoms with Crippen molar-refractivity contribution in [3.8, 4) is 11.8 Å². The van der Waals surface area contributed by atoms with Crippen molar-refractivity contribution in [1.29, 1.82) is 0 Å². The van der Waals surface area contributed by atoms with Crippen LogP contribution in [0.4, 0.5) is 0 Å². The maximum Gasteiger partial charge on any atom is 0.183 e. The summed E-state index contributed by atoms with van der Waals surface area (Å²) in [5.74, 6) is 5.78. The van der Waals surface area contributed by atoms with Gasteiger partial charge in [0.15, 0.2) is 6.10 Å². The van der Waals surface area contributed by atoms with Crippen molar-refractivity contribution in [3.05, 3.63) is 48.7 Å². The summed E-state index contributed by atoms with van der Waals surface area (Å²) in [4.78, 5) is 0. The van der Waals surface area contributed by atoms with Gasteiger partial charge in [-0.3, -0.25) is 0 Å². The normalized spacial score (nSPS) is 10.8. The average molecular weight is 172 g/mol. The number of benzene rings is 1. The van der Waals surface area contributed by atoms with E-state index in [1.54, 1.807) is 6.92 Å². The summed E-state index contributed by atoms with van der Waals surface area (Å²) in [5.41, 5.74) is 1.05. The molecule has 1 unspecified atom stereocenters. The summed E-state index contributed by atoms with van der Waals surface area (Å²) in [5, 5.41) is 0. The van der Waals surface area contributed by atoms with Gasteiger partial charge in [-0.25, -0.2) is 0 Å². The molecule has 0 spiro atoms. The van der Waals surface area contributed by atoms with E-state index in [9.17, 15) is 0 Å². The zero-order valence-electron chi connectivity index (χ0n) is 7.66. The van der Waals surface area contributed by atoms with Crippen LogP contribution in [0, 0.1) is 11.8 Å². The Kier molecular flexibility index (Phi) is 3.66. The Balaban J connectivity index is 2.86. The summed E-state index contributed by atoms with van der Waals surface area (Å²) in [7, 11) is 0. The summed E-state index contributed by atoms with van der Waals surface area (Å²) in [6.07, 6.45) is 1.23. The second-order valence-electron chi connectivity index (χ2n) is 2.49. The van der Waals surface area contributed by atoms with Crippen molar-refractivity contribution in [2.45, 2.75) is 13.0 Å². The van der Waals surface area contributed by atoms with Crippen LogP contribution in [0.3, 0.4) is 0 Å². The zero-order valence-corrected chi connectivity index (χ0v) is 7.66. The quantitative estimate of drug-likeness (QED) is 0.503. The van der Waals surface area contributed by atoms with E-state index >= 15 is 0 Å². The molecule has 0 saturated carbocycles. The van der Waals surface area contributed by atoms with Crippen LogP contribution in [0.15, 0.2) is 43.2 Å². The lowest BCUT2D eigenvalue weighted by Gasteiger charge is -2.09. The second kappa shape index (κ2) is 5.05. The third-order valence-electron chi connectivity index (χ3n) is 1.61. The Morgan fingerprint density at radius 1 is 1.38 bits per heavy atom. The second-order valence-corrected chi connectivity index (χ2v) is 2.49. The van der Waals surface area contributed by atoms with Crippen molar-refractivity contribution in [2.75, 3.05) is 0 Å². The predicted molar refractivity (Wildman–Crippen MR) is 53.9 cm³/mol. The summed E-state index contributed by atoms with van der Waals surface area (Å²) in [6, 6.07) is 9.86. The Morgan fingerprint density at radius 2 is 2.08 bits per heavy atom. The molecule has 0 aliphatic rings. The molecule has 0 bridgehead atoms. The highest BCUT2D eigenvalue weighted by Crippen LogP contribution is 2.15. The molecule has 1 rings (SSSR count). The smallest absolute Gasteiger partial charge is 0.183 e. The minimum absolute atomic E-state index is 0.191. The van der Waals surface area contributed by atoms with Gasteiger partial charge in [0.2, 0.25) is 0 Å². The Labute approximate surface area is 79.0 Å². The van der Waals surface area contributed by atoms with E-state index in [0.717, 1.165) is 5.56 Å². The van der Waals surface area contributed by atoms with Gasteiger partial charge in [0.25, 0.3) is 0 Å². The molecule has 0 aromatic heterocycles. The lowest BCUT2D eigenvalue weighted by atomic mass is 10.1. The van der Waals surface area contributed by atoms with Crippen LogP contribution in [0.1, 0.15) is 18.6 Å². The van der Waals surface area contributed by atoms with Gasteiger partial charge in [-0.2, -0.15) is 0 Å². The van der Waals surface area contributed by atoms with Crippen LogP contribution < -0.4 is 0 Å². The van der Waals surface area contributed by atoms with E-state index in [4.69, 9.17) is 4.74 Å². The standard InChI is InChI=1S/C12H12O/c1-3-8-12(13-4-2)11-9-6-5-7-10-11/h4-7,9-10,12H,2H2,1H3. The Morgan fingerprint density at radius 3 is 2.62 bits per heavy atom. The molecule has 66 valence electrons. The van der Waals surface area contributed by atoms with Gasteiger partial charge in [0.1, 0.15) is 0 Å². The largest absolute Gasteiger partial charge is 0.481 e. The fourth-order valence-electron chi connectivity index (χ4n) is 1.05. The van der Waals surface area contributed by atoms with Crippen LogP contribution in [-0.2, 0) is 4.74 Å². The predicted octanol–water partition coefficient (Wildman–Crippen LogP) is 2.91. The SMILES string of the molecule is C=COC(C#CC)c1ccccc1. The average Bonchev–Trinajstić information content (AvgIpc) is 2.19. The minimum Gasteiger partial charge on any atom is -0.481 e. The molecule has 1 aromatic carbocycles. The van der Waals surface area contributed by atoms with Gasteiger partial charge in [-0.15, -0.1) is 5.92 Å². The highest BCUT2D eigenvalue weighted by atomic mass is 16.5. The fourth-order valence-corrected chi connectivity index (χ4v) is 1.05. The third kappa shape index (κ3) is 2.68. The molecule has 1 atom stereocenters. The van der Waals surface area contributed by atoms with Crippen LogP contribution in [0.5, 0.6) is 0 Å². The van der Waals surface area contributed by atoms with Gasteiger partial charge in [0.05, 0.1) is 6.26 Å². The highest BCUT2D eigenvalue weighted by Gasteiger charge is 2.05. The first-order valence-corrected chi connectivity index (χ1v) is 4.12. The van der Waals surface area contributed by atoms with Crippen LogP contribution in [-0.4, -0.2) is 0 Å². The molecule has 0 aliphatic heterocycles. The molecule has 1 heteroatoms. The van der Waals surface area contributed by atoms with Gasteiger partial charge in [-0.1, -0.05) is 42.8 Å². The van der Waals surface area contributed by atoms with Crippen molar-refractivity contribution in [1.82, 2.24) is 0 Å². The number of rotatable bonds is 3. The molecule has 13 heavy (non-hydrogen) atoms. The molecular weight excluding hydrogens is 160 g/mol. The molecule has 0 fully saturated rings. The van der Waals surface area contributed by atoms with Crippen molar-refractivity contribution in [3.63, 3.8) is 0 Å². The fraction of sp³-hybridized carbons (Fsp3) is 0.167. The Bertz CT molecular complexity index is 316. The van der Waals surface area contributed by atoms with Crippen LogP contribution in [0.2, 0.25) is 0 Å². The topological polar surface area (TPSA) is 9.23 Å². The lowest BCUT2D eigenvalue weighted by Crippen LogP contribution is -1.96. The van der Waals surface area contributed by atoms with E-state index in [-0.39, 0.29) is 6.10 Å². The number of hydrogen-bond acceptors (Lipinski definition) is 1. The zero-order chi connectivity index (χ0) is 9.52. The van der Waals surface area contributed by atoms with Gasteiger partial charge in [0, 0.05) is 5.56 Å². The molecule has 0 saturated heterocycles. The first-order chi connectivity index (χ1) is 6.38. The van der Waals surface area contributed by atoms with Crippen LogP contribution in [0.25, 0.3) is 0 Å². The van der Waals surface area contributed by atoms with E-state index in [0.29, 0.717) is 0 Å². The summed E-state index contributed by atoms with van der Waals surface area (Å²) < 4.78 is 5.26. The van der Waals surface area contributed by atoms with Crippen molar-refractivity contribution < 1.29 is 4.74 Å². The molecular formula is C12H12O. The summed E-state index contributed by atoms with van der Waals surface area (Å²) in [6.45, 7) is 5.31. The first kappa shape index (κ1) is 9.41. The van der Waals surface area contributed by atoms with Gasteiger partial charge < -0.3 is 4.74 Å².